The van der Waals surface area contributed by atoms with Crippen molar-refractivity contribution in [2.24, 2.45) is 11.5 Å². The monoisotopic (exact) mass is 347 g/mol. The summed E-state index contributed by atoms with van der Waals surface area (Å²) in [5.74, 6) is 0. The lowest BCUT2D eigenvalue weighted by molar-refractivity contribution is 1.02. The van der Waals surface area contributed by atoms with Crippen molar-refractivity contribution in [2.45, 2.75) is 83.1 Å². The average Bonchev–Trinajstić information content (AvgIpc) is 2.50. The molecule has 0 aliphatic rings. The molecule has 0 bridgehead atoms. The molecule has 3 radical (unpaired) electrons. The molecule has 6 N–H and O–H groups in total. The van der Waals surface area contributed by atoms with Crippen molar-refractivity contribution in [3.05, 3.63) is 0 Å². The third kappa shape index (κ3) is 960000. The third-order valence-corrected chi connectivity index (χ3v) is 0. The molecule has 0 aliphatic carbocycles. The summed E-state index contributed by atoms with van der Waals surface area (Å²) in [6, 6.07) is 0. The van der Waals surface area contributed by atoms with Crippen LogP contribution in [-0.4, -0.2) is 50.7 Å². The molecule has 0 atom stereocenters. The number of hydrogen-bond donors (Lipinski definition) is 4. The van der Waals surface area contributed by atoms with Gasteiger partial charge in [0.1, 0.15) is 0 Å². The topological polar surface area (TPSA) is 76.1 Å². The van der Waals surface area contributed by atoms with E-state index in [9.17, 15) is 0 Å². The van der Waals surface area contributed by atoms with E-state index in [0.717, 1.165) is 0 Å². The number of nitrogens with two attached hydrogens (primary N) is 2. The molecule has 0 amide bonds. The minimum absolute atomic E-state index is 0. The lowest BCUT2D eigenvalue weighted by atomic mass is 10.6. The van der Waals surface area contributed by atoms with Crippen LogP contribution in [0.25, 0.3) is 0 Å². The Balaban J connectivity index is -0.00000000675. The second-order valence-electron chi connectivity index (χ2n) is 2.41. The molecular formula is C18H62BN4. The second-order valence-corrected chi connectivity index (χ2v) is 2.41. The molecule has 4 nitrogen and oxygen atoms in total. The molecule has 0 unspecified atom stereocenters. The first-order valence-electron chi connectivity index (χ1n) is 7.98. The van der Waals surface area contributed by atoms with Gasteiger partial charge in [-0.2, -0.15) is 0 Å². The van der Waals surface area contributed by atoms with Crippen molar-refractivity contribution in [1.29, 1.82) is 0 Å². The van der Waals surface area contributed by atoms with Gasteiger partial charge in [-0.3, -0.25) is 0 Å². The van der Waals surface area contributed by atoms with Crippen molar-refractivity contribution < 1.29 is 1.43 Å². The highest BCUT2D eigenvalue weighted by Gasteiger charge is 1.36. The van der Waals surface area contributed by atoms with Crippen LogP contribution in [0.15, 0.2) is 0 Å². The molecule has 23 heavy (non-hydrogen) atoms. The lowest BCUT2D eigenvalue weighted by Gasteiger charge is -1.59. The minimum atomic E-state index is 0. The molecule has 0 rings (SSSR count). The van der Waals surface area contributed by atoms with Crippen LogP contribution in [0.4, 0.5) is 0 Å². The van der Waals surface area contributed by atoms with E-state index in [4.69, 9.17) is 0 Å². The Kier molecular flexibility index (Phi) is 2120. The maximum atomic E-state index is 4.50. The van der Waals surface area contributed by atoms with Crippen molar-refractivity contribution in [1.82, 2.24) is 10.6 Å². The Bertz CT molecular complexity index is 35.0. The SMILES string of the molecule is C.C.CC.CC.CCC.CCC.CN.CN.CNC.CNC.[2HH].[B]. The van der Waals surface area contributed by atoms with Crippen LogP contribution in [-0.2, 0) is 0 Å². The Morgan fingerprint density at radius 2 is 0.565 bits per heavy atom. The third-order valence-electron chi connectivity index (χ3n) is 0. The van der Waals surface area contributed by atoms with Gasteiger partial charge in [0, 0.05) is 9.84 Å². The number of hydrogen-bond acceptors (Lipinski definition) is 4. The van der Waals surface area contributed by atoms with Crippen LogP contribution >= 0.6 is 0 Å². The summed E-state index contributed by atoms with van der Waals surface area (Å²) in [6.45, 7) is 16.5. The van der Waals surface area contributed by atoms with Gasteiger partial charge in [-0.15, -0.1) is 0 Å². The summed E-state index contributed by atoms with van der Waals surface area (Å²) in [5.41, 5.74) is 9.00. The average molecular weight is 347 g/mol. The van der Waals surface area contributed by atoms with Crippen LogP contribution in [0.3, 0.4) is 0 Å². The predicted molar refractivity (Wildman–Crippen MR) is 126 cm³/mol. The molecule has 0 spiro atoms. The van der Waals surface area contributed by atoms with E-state index in [1.807, 2.05) is 55.9 Å². The molecule has 0 aliphatic heterocycles. The highest BCUT2D eigenvalue weighted by Crippen LogP contribution is 1.56. The van der Waals surface area contributed by atoms with Gasteiger partial charge >= 0.3 is 0 Å². The zero-order valence-corrected chi connectivity index (χ0v) is 18.1. The van der Waals surface area contributed by atoms with Crippen LogP contribution in [0.5, 0.6) is 0 Å². The number of rotatable bonds is 0. The maximum absolute atomic E-state index is 4.50. The highest BCUT2D eigenvalue weighted by atomic mass is 14.7. The number of nitrogens with one attached hydrogen (secondary N) is 2. The van der Waals surface area contributed by atoms with E-state index in [2.05, 4.69) is 49.8 Å². The van der Waals surface area contributed by atoms with Gasteiger partial charge in [-0.05, 0) is 42.3 Å². The van der Waals surface area contributed by atoms with Gasteiger partial charge in [-0.1, -0.05) is 83.1 Å². The molecular weight excluding hydrogens is 283 g/mol. The van der Waals surface area contributed by atoms with Crippen LogP contribution in [0, 0.1) is 0 Å². The van der Waals surface area contributed by atoms with Crippen LogP contribution in [0.2, 0.25) is 0 Å². The van der Waals surface area contributed by atoms with E-state index >= 15 is 0 Å². The second kappa shape index (κ2) is 628. The largest absolute Gasteiger partial charge is 0.333 e. The quantitative estimate of drug-likeness (QED) is 0.473. The fourth-order valence-corrected chi connectivity index (χ4v) is 0. The standard InChI is InChI=1S/2C3H8.2C2H7N.2C2H6.2CH5N.2CH4.B.H2/c4*1-3-2;4*1-2;;;;/h2*3H2,1-2H3;2*3H,1-2H3;2*1-2H3;2*2H2,1H3;2*1H4;;1H/i;;;;;;;;;;;1+1. The summed E-state index contributed by atoms with van der Waals surface area (Å²) >= 11 is 0. The summed E-state index contributed by atoms with van der Waals surface area (Å²) in [4.78, 5) is 0. The first-order valence-corrected chi connectivity index (χ1v) is 7.98. The highest BCUT2D eigenvalue weighted by molar-refractivity contribution is 5.75. The summed E-state index contributed by atoms with van der Waals surface area (Å²) < 4.78 is 0. The van der Waals surface area contributed by atoms with Gasteiger partial charge in [0.15, 0.2) is 0 Å². The fourth-order valence-electron chi connectivity index (χ4n) is 0. The lowest BCUT2D eigenvalue weighted by Crippen LogP contribution is -1.89. The first-order chi connectivity index (χ1) is 9.66. The molecule has 0 aromatic rings. The van der Waals surface area contributed by atoms with E-state index in [-0.39, 0.29) is 24.7 Å². The van der Waals surface area contributed by atoms with Crippen molar-refractivity contribution in [2.75, 3.05) is 42.3 Å². The normalized spacial score (nSPS) is 4.17. The van der Waals surface area contributed by atoms with Crippen LogP contribution < -0.4 is 22.1 Å². The molecule has 5 heteroatoms. The van der Waals surface area contributed by atoms with Crippen LogP contribution in [0.1, 0.15) is 84.5 Å². The smallest absolute Gasteiger partial charge is 0 e. The van der Waals surface area contributed by atoms with Gasteiger partial charge in [-0.25, -0.2) is 0 Å². The Hall–Kier alpha value is -0.0951. The molecule has 157 valence electrons. The van der Waals surface area contributed by atoms with Gasteiger partial charge in [0.2, 0.25) is 0 Å². The summed E-state index contributed by atoms with van der Waals surface area (Å²) in [6.07, 6.45) is 2.50. The van der Waals surface area contributed by atoms with Crippen molar-refractivity contribution >= 4 is 8.41 Å². The molecule has 0 aromatic heterocycles. The van der Waals surface area contributed by atoms with E-state index < -0.39 is 0 Å². The van der Waals surface area contributed by atoms with E-state index in [1.54, 1.807) is 0 Å². The van der Waals surface area contributed by atoms with Gasteiger partial charge < -0.3 is 22.1 Å². The predicted octanol–water partition coefficient (Wildman–Crippen LogP) is 4.84. The molecule has 0 heterocycles. The molecule has 0 fully saturated rings. The minimum Gasteiger partial charge on any atom is -0.333 e. The maximum Gasteiger partial charge on any atom is 0 e. The molecule has 0 aromatic carbocycles. The first kappa shape index (κ1) is 77.5. The Morgan fingerprint density at radius 1 is 0.565 bits per heavy atom. The fraction of sp³-hybridized carbons (Fsp3) is 1.00. The van der Waals surface area contributed by atoms with E-state index in [0.29, 0.717) is 0 Å². The molecule has 0 saturated heterocycles. The molecule has 0 saturated carbocycles. The summed E-state index contributed by atoms with van der Waals surface area (Å²) in [5, 5.41) is 5.50. The zero-order chi connectivity index (χ0) is 18.8. The van der Waals surface area contributed by atoms with E-state index in [1.165, 1.54) is 26.9 Å². The van der Waals surface area contributed by atoms with Crippen molar-refractivity contribution in [3.8, 4) is 0 Å². The van der Waals surface area contributed by atoms with Gasteiger partial charge in [0.25, 0.3) is 0 Å². The summed E-state index contributed by atoms with van der Waals surface area (Å²) in [7, 11) is 10.5. The Morgan fingerprint density at radius 3 is 0.565 bits per heavy atom. The zero-order valence-electron chi connectivity index (χ0n) is 18.1. The Labute approximate surface area is 158 Å². The van der Waals surface area contributed by atoms with Gasteiger partial charge in [0.05, 0.1) is 0 Å². The van der Waals surface area contributed by atoms with Crippen molar-refractivity contribution in [3.63, 3.8) is 0 Å².